The zero-order valence-electron chi connectivity index (χ0n) is 17.0. The van der Waals surface area contributed by atoms with E-state index in [4.69, 9.17) is 25.8 Å². The molecule has 1 aliphatic heterocycles. The maximum Gasteiger partial charge on any atom is 0.338 e. The Morgan fingerprint density at radius 2 is 1.93 bits per heavy atom. The van der Waals surface area contributed by atoms with Crippen LogP contribution in [0.3, 0.4) is 0 Å². The monoisotopic (exact) mass is 430 g/mol. The first kappa shape index (κ1) is 21.5. The lowest BCUT2D eigenvalue weighted by Gasteiger charge is -2.28. The summed E-state index contributed by atoms with van der Waals surface area (Å²) in [4.78, 5) is 25.0. The molecule has 158 valence electrons. The molecule has 2 aromatic rings. The molecule has 30 heavy (non-hydrogen) atoms. The van der Waals surface area contributed by atoms with Gasteiger partial charge in [0.1, 0.15) is 6.61 Å². The fraction of sp³-hybridized carbons (Fsp3) is 0.273. The van der Waals surface area contributed by atoms with Crippen molar-refractivity contribution in [3.05, 3.63) is 69.9 Å². The molecule has 0 saturated carbocycles. The summed E-state index contributed by atoms with van der Waals surface area (Å²) in [6, 6.07) is 11.5. The molecule has 0 saturated heterocycles. The molecule has 0 spiro atoms. The highest BCUT2D eigenvalue weighted by Crippen LogP contribution is 2.40. The number of esters is 1. The van der Waals surface area contributed by atoms with E-state index in [1.165, 1.54) is 7.11 Å². The van der Waals surface area contributed by atoms with Gasteiger partial charge < -0.3 is 24.8 Å². The van der Waals surface area contributed by atoms with E-state index in [0.29, 0.717) is 34.4 Å². The summed E-state index contributed by atoms with van der Waals surface area (Å²) in [5.41, 5.74) is 2.12. The molecule has 2 aromatic carbocycles. The Balaban J connectivity index is 1.93. The van der Waals surface area contributed by atoms with Crippen LogP contribution in [-0.2, 0) is 16.1 Å². The quantitative estimate of drug-likeness (QED) is 0.645. The molecule has 1 heterocycles. The van der Waals surface area contributed by atoms with Gasteiger partial charge in [0.25, 0.3) is 0 Å². The fourth-order valence-electron chi connectivity index (χ4n) is 3.21. The van der Waals surface area contributed by atoms with E-state index >= 15 is 0 Å². The van der Waals surface area contributed by atoms with Crippen molar-refractivity contribution >= 4 is 23.6 Å². The summed E-state index contributed by atoms with van der Waals surface area (Å²) >= 11 is 6.39. The average Bonchev–Trinajstić information content (AvgIpc) is 2.73. The third-order valence-corrected chi connectivity index (χ3v) is 4.86. The Bertz CT molecular complexity index is 975. The third-order valence-electron chi connectivity index (χ3n) is 4.58. The second-order valence-corrected chi connectivity index (χ2v) is 7.01. The normalized spacial score (nSPS) is 15.9. The zero-order valence-corrected chi connectivity index (χ0v) is 17.7. The van der Waals surface area contributed by atoms with Gasteiger partial charge in [-0.25, -0.2) is 9.59 Å². The number of allylic oxidation sites excluding steroid dienone is 1. The lowest BCUT2D eigenvalue weighted by Crippen LogP contribution is -2.45. The molecular weight excluding hydrogens is 408 g/mol. The van der Waals surface area contributed by atoms with Gasteiger partial charge >= 0.3 is 12.0 Å². The van der Waals surface area contributed by atoms with Crippen LogP contribution in [0.2, 0.25) is 5.02 Å². The van der Waals surface area contributed by atoms with Crippen LogP contribution in [0.15, 0.2) is 53.7 Å². The number of benzene rings is 2. The van der Waals surface area contributed by atoms with Crippen molar-refractivity contribution in [1.82, 2.24) is 10.6 Å². The molecule has 2 N–H and O–H groups in total. The van der Waals surface area contributed by atoms with Crippen LogP contribution < -0.4 is 20.1 Å². The van der Waals surface area contributed by atoms with E-state index in [-0.39, 0.29) is 12.2 Å². The number of amides is 2. The molecule has 0 fully saturated rings. The first-order valence-electron chi connectivity index (χ1n) is 9.44. The number of urea groups is 1. The second kappa shape index (κ2) is 9.54. The van der Waals surface area contributed by atoms with E-state index in [1.807, 2.05) is 37.3 Å². The minimum Gasteiger partial charge on any atom is -0.493 e. The summed E-state index contributed by atoms with van der Waals surface area (Å²) in [6.07, 6.45) is 0. The highest BCUT2D eigenvalue weighted by atomic mass is 35.5. The maximum absolute atomic E-state index is 12.9. The number of carbonyl (C=O) groups excluding carboxylic acids is 2. The van der Waals surface area contributed by atoms with Gasteiger partial charge in [-0.1, -0.05) is 41.9 Å². The Morgan fingerprint density at radius 3 is 2.60 bits per heavy atom. The number of rotatable bonds is 7. The number of halogens is 1. The Morgan fingerprint density at radius 1 is 1.20 bits per heavy atom. The van der Waals surface area contributed by atoms with Crippen molar-refractivity contribution in [3.8, 4) is 11.5 Å². The van der Waals surface area contributed by atoms with Crippen LogP contribution in [-0.4, -0.2) is 25.7 Å². The van der Waals surface area contributed by atoms with E-state index in [1.54, 1.807) is 19.1 Å². The van der Waals surface area contributed by atoms with Crippen LogP contribution in [0.1, 0.15) is 31.0 Å². The zero-order chi connectivity index (χ0) is 21.7. The summed E-state index contributed by atoms with van der Waals surface area (Å²) in [7, 11) is 1.50. The highest BCUT2D eigenvalue weighted by Gasteiger charge is 2.33. The standard InChI is InChI=1S/C22H23ClN2O5/c1-4-29-20-16(23)10-15(11-17(20)28-3)19-18(13(2)24-22(27)25-19)21(26)30-12-14-8-6-5-7-9-14/h5-11,19H,4,12H2,1-3H3,(H2,24,25,27). The van der Waals surface area contributed by atoms with Crippen molar-refractivity contribution in [3.63, 3.8) is 0 Å². The molecule has 0 aromatic heterocycles. The molecule has 0 aliphatic carbocycles. The number of methoxy groups -OCH3 is 1. The van der Waals surface area contributed by atoms with E-state index in [9.17, 15) is 9.59 Å². The summed E-state index contributed by atoms with van der Waals surface area (Å²) in [6.45, 7) is 4.02. The smallest absolute Gasteiger partial charge is 0.338 e. The third kappa shape index (κ3) is 4.68. The van der Waals surface area contributed by atoms with Crippen LogP contribution in [0.5, 0.6) is 11.5 Å². The molecular formula is C22H23ClN2O5. The molecule has 3 rings (SSSR count). The minimum atomic E-state index is -0.760. The van der Waals surface area contributed by atoms with Gasteiger partial charge in [0.05, 0.1) is 30.4 Å². The molecule has 7 nitrogen and oxygen atoms in total. The number of hydrogen-bond acceptors (Lipinski definition) is 5. The van der Waals surface area contributed by atoms with Crippen molar-refractivity contribution < 1.29 is 23.8 Å². The first-order valence-corrected chi connectivity index (χ1v) is 9.82. The SMILES string of the molecule is CCOc1c(Cl)cc(C2NC(=O)NC(C)=C2C(=O)OCc2ccccc2)cc1OC. The highest BCUT2D eigenvalue weighted by molar-refractivity contribution is 6.32. The van der Waals surface area contributed by atoms with Gasteiger partial charge in [-0.15, -0.1) is 0 Å². The number of carbonyl (C=O) groups is 2. The van der Waals surface area contributed by atoms with Crippen molar-refractivity contribution in [2.75, 3.05) is 13.7 Å². The second-order valence-electron chi connectivity index (χ2n) is 6.60. The Labute approximate surface area is 180 Å². The van der Waals surface area contributed by atoms with E-state index in [2.05, 4.69) is 10.6 Å². The topological polar surface area (TPSA) is 85.9 Å². The van der Waals surface area contributed by atoms with Gasteiger partial charge in [-0.05, 0) is 37.1 Å². The van der Waals surface area contributed by atoms with E-state index < -0.39 is 18.0 Å². The predicted molar refractivity (Wildman–Crippen MR) is 113 cm³/mol. The molecule has 2 amide bonds. The lowest BCUT2D eigenvalue weighted by atomic mass is 9.95. The predicted octanol–water partition coefficient (Wildman–Crippen LogP) is 4.12. The Kier molecular flexibility index (Phi) is 6.84. The van der Waals surface area contributed by atoms with Crippen LogP contribution in [0, 0.1) is 0 Å². The summed E-state index contributed by atoms with van der Waals surface area (Å²) in [5.74, 6) is 0.263. The Hall–Kier alpha value is -3.19. The molecule has 1 unspecified atom stereocenters. The lowest BCUT2D eigenvalue weighted by molar-refractivity contribution is -0.140. The van der Waals surface area contributed by atoms with Gasteiger partial charge in [0, 0.05) is 5.70 Å². The van der Waals surface area contributed by atoms with E-state index in [0.717, 1.165) is 5.56 Å². The fourth-order valence-corrected chi connectivity index (χ4v) is 3.48. The molecule has 0 radical (unpaired) electrons. The minimum absolute atomic E-state index is 0.116. The van der Waals surface area contributed by atoms with Crippen molar-refractivity contribution in [1.29, 1.82) is 0 Å². The van der Waals surface area contributed by atoms with Gasteiger partial charge in [-0.3, -0.25) is 0 Å². The van der Waals surface area contributed by atoms with Gasteiger partial charge in [0.15, 0.2) is 11.5 Å². The summed E-state index contributed by atoms with van der Waals surface area (Å²) in [5, 5.41) is 5.69. The number of ether oxygens (including phenoxy) is 3. The average molecular weight is 431 g/mol. The first-order chi connectivity index (χ1) is 14.4. The van der Waals surface area contributed by atoms with Crippen LogP contribution >= 0.6 is 11.6 Å². The summed E-state index contributed by atoms with van der Waals surface area (Å²) < 4.78 is 16.4. The van der Waals surface area contributed by atoms with Gasteiger partial charge in [0.2, 0.25) is 0 Å². The van der Waals surface area contributed by atoms with Crippen molar-refractivity contribution in [2.45, 2.75) is 26.5 Å². The van der Waals surface area contributed by atoms with Crippen LogP contribution in [0.4, 0.5) is 4.79 Å². The van der Waals surface area contributed by atoms with Gasteiger partial charge in [-0.2, -0.15) is 0 Å². The molecule has 0 bridgehead atoms. The number of hydrogen-bond donors (Lipinski definition) is 2. The van der Waals surface area contributed by atoms with Crippen molar-refractivity contribution in [2.24, 2.45) is 0 Å². The molecule has 8 heteroatoms. The molecule has 1 atom stereocenters. The maximum atomic E-state index is 12.9. The number of nitrogens with one attached hydrogen (secondary N) is 2. The van der Waals surface area contributed by atoms with Crippen LogP contribution in [0.25, 0.3) is 0 Å². The molecule has 1 aliphatic rings. The largest absolute Gasteiger partial charge is 0.493 e.